The molecule has 1 rings (SSSR count). The van der Waals surface area contributed by atoms with E-state index in [1.807, 2.05) is 6.92 Å². The van der Waals surface area contributed by atoms with Gasteiger partial charge < -0.3 is 9.64 Å². The zero-order chi connectivity index (χ0) is 14.8. The van der Waals surface area contributed by atoms with Gasteiger partial charge in [0.1, 0.15) is 5.60 Å². The van der Waals surface area contributed by atoms with Crippen molar-refractivity contribution in [3.05, 3.63) is 0 Å². The molecule has 1 heterocycles. The molecule has 0 radical (unpaired) electrons. The molecule has 0 bridgehead atoms. The summed E-state index contributed by atoms with van der Waals surface area (Å²) in [4.78, 5) is 13.5. The molecule has 0 aromatic carbocycles. The van der Waals surface area contributed by atoms with E-state index in [2.05, 4.69) is 0 Å². The van der Waals surface area contributed by atoms with Gasteiger partial charge in [0.2, 0.25) is 0 Å². The molecule has 1 fully saturated rings. The monoisotopic (exact) mass is 295 g/mol. The van der Waals surface area contributed by atoms with Crippen molar-refractivity contribution in [1.82, 2.24) is 4.90 Å². The maximum absolute atomic E-state index is 12.8. The van der Waals surface area contributed by atoms with Gasteiger partial charge in [-0.15, -0.1) is 3.89 Å². The van der Waals surface area contributed by atoms with Gasteiger partial charge in [0.05, 0.1) is 5.75 Å². The van der Waals surface area contributed by atoms with E-state index in [9.17, 15) is 17.1 Å². The first kappa shape index (κ1) is 16.2. The number of rotatable bonds is 3. The van der Waals surface area contributed by atoms with Gasteiger partial charge in [0.15, 0.2) is 0 Å². The Kier molecular flexibility index (Phi) is 4.81. The topological polar surface area (TPSA) is 63.7 Å². The van der Waals surface area contributed by atoms with Crippen molar-refractivity contribution in [3.63, 3.8) is 0 Å². The van der Waals surface area contributed by atoms with Crippen LogP contribution < -0.4 is 0 Å². The first-order valence-electron chi connectivity index (χ1n) is 6.45. The third-order valence-corrected chi connectivity index (χ3v) is 3.97. The summed E-state index contributed by atoms with van der Waals surface area (Å²) in [5, 5.41) is 0. The minimum atomic E-state index is -4.51. The van der Waals surface area contributed by atoms with Crippen molar-refractivity contribution < 1.29 is 21.8 Å². The molecule has 7 heteroatoms. The summed E-state index contributed by atoms with van der Waals surface area (Å²) in [7, 11) is -4.51. The highest BCUT2D eigenvalue weighted by atomic mass is 32.3. The van der Waals surface area contributed by atoms with E-state index in [4.69, 9.17) is 4.74 Å². The van der Waals surface area contributed by atoms with E-state index >= 15 is 0 Å². The summed E-state index contributed by atoms with van der Waals surface area (Å²) in [6.45, 7) is 7.57. The van der Waals surface area contributed by atoms with Gasteiger partial charge in [0.25, 0.3) is 0 Å². The summed E-state index contributed by atoms with van der Waals surface area (Å²) in [5.74, 6) is -0.877. The number of carbonyl (C=O) groups is 1. The molecule has 112 valence electrons. The lowest BCUT2D eigenvalue weighted by molar-refractivity contribution is 0.0207. The van der Waals surface area contributed by atoms with Gasteiger partial charge in [0, 0.05) is 12.6 Å². The molecular weight excluding hydrogens is 273 g/mol. The Balaban J connectivity index is 2.75. The summed E-state index contributed by atoms with van der Waals surface area (Å²) >= 11 is 0. The molecule has 1 aliphatic rings. The normalized spacial score (nSPS) is 24.6. The molecule has 0 aromatic rings. The first-order valence-corrected chi connectivity index (χ1v) is 8.00. The average molecular weight is 295 g/mol. The van der Waals surface area contributed by atoms with E-state index in [-0.39, 0.29) is 12.0 Å². The molecule has 0 aromatic heterocycles. The zero-order valence-corrected chi connectivity index (χ0v) is 12.7. The lowest BCUT2D eigenvalue weighted by atomic mass is 10.0. The first-order chi connectivity index (χ1) is 8.53. The Morgan fingerprint density at radius 2 is 2.00 bits per heavy atom. The van der Waals surface area contributed by atoms with E-state index in [1.165, 1.54) is 4.90 Å². The second-order valence-corrected chi connectivity index (χ2v) is 7.31. The molecule has 0 aliphatic carbocycles. The van der Waals surface area contributed by atoms with Crippen molar-refractivity contribution in [1.29, 1.82) is 0 Å². The van der Waals surface area contributed by atoms with E-state index < -0.39 is 27.7 Å². The summed E-state index contributed by atoms with van der Waals surface area (Å²) in [6, 6.07) is -0.277. The predicted molar refractivity (Wildman–Crippen MR) is 70.0 cm³/mol. The highest BCUT2D eigenvalue weighted by molar-refractivity contribution is 7.86. The molecular formula is C12H22FNO4S. The Morgan fingerprint density at radius 3 is 2.42 bits per heavy atom. The number of amides is 1. The Labute approximate surface area is 114 Å². The third-order valence-electron chi connectivity index (χ3n) is 3.14. The zero-order valence-electron chi connectivity index (χ0n) is 11.8. The van der Waals surface area contributed by atoms with Crippen LogP contribution in [0.3, 0.4) is 0 Å². The third kappa shape index (κ3) is 4.97. The number of hydrogen-bond donors (Lipinski definition) is 0. The van der Waals surface area contributed by atoms with Crippen LogP contribution in [0.15, 0.2) is 0 Å². The molecule has 2 atom stereocenters. The summed E-state index contributed by atoms with van der Waals surface area (Å²) in [5.41, 5.74) is -0.598. The summed E-state index contributed by atoms with van der Waals surface area (Å²) < 4.78 is 39.6. The second-order valence-electron chi connectivity index (χ2n) is 5.90. The molecule has 1 saturated heterocycles. The van der Waals surface area contributed by atoms with Crippen LogP contribution in [0, 0.1) is 5.92 Å². The molecule has 2 unspecified atom stereocenters. The molecule has 0 saturated carbocycles. The Hall–Kier alpha value is -0.850. The molecule has 1 aliphatic heterocycles. The van der Waals surface area contributed by atoms with Crippen LogP contribution in [-0.2, 0) is 15.0 Å². The smallest absolute Gasteiger partial charge is 0.410 e. The van der Waals surface area contributed by atoms with Crippen LogP contribution in [0.4, 0.5) is 8.68 Å². The number of likely N-dealkylation sites (tertiary alicyclic amines) is 1. The summed E-state index contributed by atoms with van der Waals surface area (Å²) in [6.07, 6.45) is 0.610. The van der Waals surface area contributed by atoms with Gasteiger partial charge in [-0.3, -0.25) is 0 Å². The molecule has 0 spiro atoms. The number of carbonyl (C=O) groups excluding carboxylic acids is 1. The SMILES string of the molecule is CCC1C(CS(=O)(=O)F)CCN1C(=O)OC(C)(C)C. The minimum absolute atomic E-state index is 0.277. The molecule has 5 nitrogen and oxygen atoms in total. The average Bonchev–Trinajstić information content (AvgIpc) is 2.55. The van der Waals surface area contributed by atoms with Crippen LogP contribution in [0.1, 0.15) is 40.5 Å². The van der Waals surface area contributed by atoms with Crippen molar-refractivity contribution in [3.8, 4) is 0 Å². The quantitative estimate of drug-likeness (QED) is 0.750. The van der Waals surface area contributed by atoms with Crippen molar-refractivity contribution in [2.24, 2.45) is 5.92 Å². The number of ether oxygens (including phenoxy) is 1. The van der Waals surface area contributed by atoms with Crippen molar-refractivity contribution in [2.75, 3.05) is 12.3 Å². The predicted octanol–water partition coefficient (Wildman–Crippen LogP) is 2.32. The van der Waals surface area contributed by atoms with E-state index in [0.29, 0.717) is 19.4 Å². The fraction of sp³-hybridized carbons (Fsp3) is 0.917. The highest BCUT2D eigenvalue weighted by Crippen LogP contribution is 2.29. The van der Waals surface area contributed by atoms with Gasteiger partial charge >= 0.3 is 16.3 Å². The van der Waals surface area contributed by atoms with E-state index in [0.717, 1.165) is 0 Å². The van der Waals surface area contributed by atoms with Crippen LogP contribution in [0.2, 0.25) is 0 Å². The van der Waals surface area contributed by atoms with Crippen LogP contribution >= 0.6 is 0 Å². The van der Waals surface area contributed by atoms with Gasteiger partial charge in [-0.1, -0.05) is 6.92 Å². The standard InChI is InChI=1S/C12H22FNO4S/c1-5-10-9(8-19(13,16)17)6-7-14(10)11(15)18-12(2,3)4/h9-10H,5-8H2,1-4H3. The molecule has 1 amide bonds. The fourth-order valence-electron chi connectivity index (χ4n) is 2.47. The minimum Gasteiger partial charge on any atom is -0.444 e. The number of nitrogens with zero attached hydrogens (tertiary/aromatic N) is 1. The van der Waals surface area contributed by atoms with Gasteiger partial charge in [-0.2, -0.15) is 8.42 Å². The van der Waals surface area contributed by atoms with Gasteiger partial charge in [-0.05, 0) is 39.5 Å². The number of halogens is 1. The lowest BCUT2D eigenvalue weighted by Crippen LogP contribution is -2.41. The Bertz CT molecular complexity index is 430. The maximum atomic E-state index is 12.8. The lowest BCUT2D eigenvalue weighted by Gasteiger charge is -2.29. The maximum Gasteiger partial charge on any atom is 0.410 e. The van der Waals surface area contributed by atoms with Crippen LogP contribution in [0.5, 0.6) is 0 Å². The van der Waals surface area contributed by atoms with Crippen molar-refractivity contribution >= 4 is 16.3 Å². The van der Waals surface area contributed by atoms with Gasteiger partial charge in [-0.25, -0.2) is 4.79 Å². The fourth-order valence-corrected chi connectivity index (χ4v) is 3.37. The van der Waals surface area contributed by atoms with Crippen LogP contribution in [0.25, 0.3) is 0 Å². The van der Waals surface area contributed by atoms with Crippen molar-refractivity contribution in [2.45, 2.75) is 52.2 Å². The molecule has 0 N–H and O–H groups in total. The number of hydrogen-bond acceptors (Lipinski definition) is 4. The Morgan fingerprint density at radius 1 is 1.42 bits per heavy atom. The highest BCUT2D eigenvalue weighted by Gasteiger charge is 2.39. The largest absolute Gasteiger partial charge is 0.444 e. The van der Waals surface area contributed by atoms with E-state index in [1.54, 1.807) is 20.8 Å². The van der Waals surface area contributed by atoms with Crippen LogP contribution in [-0.4, -0.2) is 43.4 Å². The molecule has 19 heavy (non-hydrogen) atoms. The second kappa shape index (κ2) is 5.64.